The molecule has 0 heterocycles. The van der Waals surface area contributed by atoms with Crippen molar-refractivity contribution in [1.82, 2.24) is 0 Å². The number of nitro groups is 1. The Bertz CT molecular complexity index is 270. The van der Waals surface area contributed by atoms with E-state index in [0.717, 1.165) is 0 Å². The molecule has 0 aliphatic carbocycles. The van der Waals surface area contributed by atoms with Crippen LogP contribution in [0.5, 0.6) is 0 Å². The summed E-state index contributed by atoms with van der Waals surface area (Å²) < 4.78 is 0. The van der Waals surface area contributed by atoms with Crippen LogP contribution in [0.2, 0.25) is 0 Å². The molecular weight excluding hydrogens is 146 g/mol. The van der Waals surface area contributed by atoms with Gasteiger partial charge in [-0.05, 0) is 12.1 Å². The number of benzene rings is 1. The second-order valence-electron chi connectivity index (χ2n) is 1.76. The van der Waals surface area contributed by atoms with E-state index in [2.05, 4.69) is 10.3 Å². The minimum atomic E-state index is -0.840. The fourth-order valence-electron chi connectivity index (χ4n) is 0.583. The molecule has 0 saturated carbocycles. The van der Waals surface area contributed by atoms with Crippen molar-refractivity contribution < 1.29 is 5.03 Å². The maximum Gasteiger partial charge on any atom is 0.203 e. The largest absolute Gasteiger partial charge is 0.337 e. The summed E-state index contributed by atoms with van der Waals surface area (Å²) in [5, 5.41) is 15.0. The molecule has 5 heteroatoms. The lowest BCUT2D eigenvalue weighted by molar-refractivity contribution is -0.493. The Balaban J connectivity index is 2.72. The third-order valence-electron chi connectivity index (χ3n) is 0.989. The van der Waals surface area contributed by atoms with Crippen LogP contribution in [0.4, 0.5) is 5.69 Å². The van der Waals surface area contributed by atoms with E-state index < -0.39 is 5.03 Å². The van der Waals surface area contributed by atoms with Gasteiger partial charge in [0.05, 0.1) is 10.1 Å². The molecule has 0 spiro atoms. The van der Waals surface area contributed by atoms with Gasteiger partial charge in [-0.25, -0.2) is 0 Å². The summed E-state index contributed by atoms with van der Waals surface area (Å²) in [6, 6.07) is 8.52. The van der Waals surface area contributed by atoms with Crippen LogP contribution in [0.25, 0.3) is 0 Å². The molecule has 0 radical (unpaired) electrons. The van der Waals surface area contributed by atoms with Gasteiger partial charge in [-0.1, -0.05) is 18.2 Å². The first-order chi connectivity index (χ1) is 5.29. The molecule has 1 aromatic carbocycles. The molecular formula is C6H5N3O2. The average Bonchev–Trinajstić information content (AvgIpc) is 2.03. The molecule has 0 atom stereocenters. The van der Waals surface area contributed by atoms with Crippen LogP contribution in [0.1, 0.15) is 0 Å². The lowest BCUT2D eigenvalue weighted by Crippen LogP contribution is -1.79. The Morgan fingerprint density at radius 1 is 1.27 bits per heavy atom. The van der Waals surface area contributed by atoms with Gasteiger partial charge in [-0.2, -0.15) is 0 Å². The predicted molar refractivity (Wildman–Crippen MR) is 38.0 cm³/mol. The second kappa shape index (κ2) is 3.40. The average molecular weight is 151 g/mol. The SMILES string of the molecule is O=[N+]([O-])N=Nc1ccccc1. The molecule has 0 bridgehead atoms. The minimum absolute atomic E-state index is 0.476. The summed E-state index contributed by atoms with van der Waals surface area (Å²) in [4.78, 5) is 9.72. The van der Waals surface area contributed by atoms with Crippen LogP contribution >= 0.6 is 0 Å². The summed E-state index contributed by atoms with van der Waals surface area (Å²) in [5.41, 5.74) is 0.476. The van der Waals surface area contributed by atoms with Crippen molar-refractivity contribution in [1.29, 1.82) is 0 Å². The lowest BCUT2D eigenvalue weighted by Gasteiger charge is -1.80. The second-order valence-corrected chi connectivity index (χ2v) is 1.76. The molecule has 0 aliphatic rings. The zero-order valence-corrected chi connectivity index (χ0v) is 5.54. The van der Waals surface area contributed by atoms with Gasteiger partial charge in [0.25, 0.3) is 0 Å². The monoisotopic (exact) mass is 151 g/mol. The maximum absolute atomic E-state index is 9.72. The first-order valence-electron chi connectivity index (χ1n) is 2.90. The van der Waals surface area contributed by atoms with Crippen molar-refractivity contribution in [3.05, 3.63) is 40.4 Å². The van der Waals surface area contributed by atoms with Crippen molar-refractivity contribution >= 4 is 5.69 Å². The van der Waals surface area contributed by atoms with E-state index in [-0.39, 0.29) is 0 Å². The zero-order chi connectivity index (χ0) is 8.10. The molecule has 0 aromatic heterocycles. The van der Waals surface area contributed by atoms with Crippen LogP contribution < -0.4 is 0 Å². The highest BCUT2D eigenvalue weighted by Crippen LogP contribution is 2.09. The molecule has 1 aromatic rings. The van der Waals surface area contributed by atoms with Crippen LogP contribution in [0, 0.1) is 10.1 Å². The van der Waals surface area contributed by atoms with Gasteiger partial charge in [0, 0.05) is 0 Å². The Kier molecular flexibility index (Phi) is 2.27. The number of hydrogen-bond donors (Lipinski definition) is 0. The number of hydrogen-bond acceptors (Lipinski definition) is 3. The van der Waals surface area contributed by atoms with Crippen molar-refractivity contribution in [2.45, 2.75) is 0 Å². The highest BCUT2D eigenvalue weighted by Gasteiger charge is 1.93. The maximum atomic E-state index is 9.72. The van der Waals surface area contributed by atoms with Crippen molar-refractivity contribution in [3.8, 4) is 0 Å². The van der Waals surface area contributed by atoms with E-state index in [4.69, 9.17) is 0 Å². The third kappa shape index (κ3) is 2.53. The fraction of sp³-hybridized carbons (Fsp3) is 0. The van der Waals surface area contributed by atoms with Crippen LogP contribution in [-0.2, 0) is 0 Å². The van der Waals surface area contributed by atoms with Crippen LogP contribution in [-0.4, -0.2) is 5.03 Å². The lowest BCUT2D eigenvalue weighted by atomic mass is 10.3. The molecule has 0 amide bonds. The van der Waals surface area contributed by atoms with Crippen LogP contribution in [0.15, 0.2) is 40.7 Å². The molecule has 1 rings (SSSR count). The third-order valence-corrected chi connectivity index (χ3v) is 0.989. The molecule has 0 N–H and O–H groups in total. The van der Waals surface area contributed by atoms with Gasteiger partial charge in [0.1, 0.15) is 0 Å². The Hall–Kier alpha value is -1.78. The predicted octanol–water partition coefficient (Wildman–Crippen LogP) is 1.96. The standard InChI is InChI=1S/C6H5N3O2/c10-9(11)8-7-6-4-2-1-3-5-6/h1-5H. The van der Waals surface area contributed by atoms with E-state index in [9.17, 15) is 10.1 Å². The normalized spacial score (nSPS) is 10.2. The summed E-state index contributed by atoms with van der Waals surface area (Å²) in [7, 11) is 0. The minimum Gasteiger partial charge on any atom is -0.337 e. The summed E-state index contributed by atoms with van der Waals surface area (Å²) in [5.74, 6) is 0. The summed E-state index contributed by atoms with van der Waals surface area (Å²) in [6.07, 6.45) is 0. The van der Waals surface area contributed by atoms with E-state index in [1.807, 2.05) is 0 Å². The van der Waals surface area contributed by atoms with Gasteiger partial charge in [-0.3, -0.25) is 0 Å². The Morgan fingerprint density at radius 3 is 2.45 bits per heavy atom. The quantitative estimate of drug-likeness (QED) is 0.368. The van der Waals surface area contributed by atoms with Crippen molar-refractivity contribution in [3.63, 3.8) is 0 Å². The fourth-order valence-corrected chi connectivity index (χ4v) is 0.583. The van der Waals surface area contributed by atoms with Crippen LogP contribution in [0.3, 0.4) is 0 Å². The highest BCUT2D eigenvalue weighted by molar-refractivity contribution is 5.34. The first kappa shape index (κ1) is 7.33. The number of nitrogens with zero attached hydrogens (tertiary/aromatic N) is 3. The molecule has 0 unspecified atom stereocenters. The van der Waals surface area contributed by atoms with Crippen molar-refractivity contribution in [2.24, 2.45) is 10.3 Å². The van der Waals surface area contributed by atoms with Crippen molar-refractivity contribution in [2.75, 3.05) is 0 Å². The van der Waals surface area contributed by atoms with Gasteiger partial charge in [-0.15, -0.1) is 0 Å². The van der Waals surface area contributed by atoms with Gasteiger partial charge >= 0.3 is 0 Å². The van der Waals surface area contributed by atoms with Gasteiger partial charge in [0.15, 0.2) is 5.22 Å². The van der Waals surface area contributed by atoms with E-state index in [0.29, 0.717) is 5.69 Å². The Labute approximate surface area is 62.5 Å². The molecule has 0 fully saturated rings. The smallest absolute Gasteiger partial charge is 0.203 e. The molecule has 56 valence electrons. The topological polar surface area (TPSA) is 67.9 Å². The Morgan fingerprint density at radius 2 is 1.91 bits per heavy atom. The summed E-state index contributed by atoms with van der Waals surface area (Å²) in [6.45, 7) is 0. The molecule has 5 nitrogen and oxygen atoms in total. The summed E-state index contributed by atoms with van der Waals surface area (Å²) >= 11 is 0. The zero-order valence-electron chi connectivity index (χ0n) is 5.54. The van der Waals surface area contributed by atoms with E-state index >= 15 is 0 Å². The molecule has 11 heavy (non-hydrogen) atoms. The van der Waals surface area contributed by atoms with Gasteiger partial charge < -0.3 is 10.1 Å². The van der Waals surface area contributed by atoms with E-state index in [1.165, 1.54) is 0 Å². The van der Waals surface area contributed by atoms with Gasteiger partial charge in [0.2, 0.25) is 5.69 Å². The highest BCUT2D eigenvalue weighted by atomic mass is 16.7. The first-order valence-corrected chi connectivity index (χ1v) is 2.90. The van der Waals surface area contributed by atoms with E-state index in [1.54, 1.807) is 30.3 Å². The molecule has 0 saturated heterocycles. The number of rotatable bonds is 2. The molecule has 0 aliphatic heterocycles.